The third kappa shape index (κ3) is 3.63. The summed E-state index contributed by atoms with van der Waals surface area (Å²) in [6, 6.07) is 5.50. The maximum atomic E-state index is 11.6. The Morgan fingerprint density at radius 3 is 2.45 bits per heavy atom. The third-order valence-corrected chi connectivity index (χ3v) is 3.02. The Kier molecular flexibility index (Phi) is 4.45. The van der Waals surface area contributed by atoms with Crippen molar-refractivity contribution in [3.63, 3.8) is 0 Å². The lowest BCUT2D eigenvalue weighted by Crippen LogP contribution is -2.40. The van der Waals surface area contributed by atoms with Gasteiger partial charge >= 0.3 is 11.8 Å². The summed E-state index contributed by atoms with van der Waals surface area (Å²) in [4.78, 5) is 23.0. The van der Waals surface area contributed by atoms with Gasteiger partial charge in [-0.2, -0.15) is 0 Å². The number of hydrogen-bond acceptors (Lipinski definition) is 4. The summed E-state index contributed by atoms with van der Waals surface area (Å²) in [6.45, 7) is 0.261. The first kappa shape index (κ1) is 14.2. The standard InChI is InChI=1S/C14H18N2O4/c1-19-11-6-3-9(7-12(11)20-2)8-15-13(17)14(18)16-10-4-5-10/h3,6-7,10H,4-5,8H2,1-2H3,(H,15,17)(H,16,18). The highest BCUT2D eigenvalue weighted by atomic mass is 16.5. The number of amides is 2. The summed E-state index contributed by atoms with van der Waals surface area (Å²) in [5, 5.41) is 5.21. The van der Waals surface area contributed by atoms with Gasteiger partial charge in [0, 0.05) is 12.6 Å². The fourth-order valence-electron chi connectivity index (χ4n) is 1.73. The average molecular weight is 278 g/mol. The largest absolute Gasteiger partial charge is 0.493 e. The van der Waals surface area contributed by atoms with Crippen LogP contribution in [0.2, 0.25) is 0 Å². The molecule has 2 amide bonds. The molecule has 1 fully saturated rings. The quantitative estimate of drug-likeness (QED) is 0.773. The molecule has 0 radical (unpaired) electrons. The van der Waals surface area contributed by atoms with Crippen molar-refractivity contribution in [1.29, 1.82) is 0 Å². The molecule has 0 unspecified atom stereocenters. The molecule has 1 aliphatic carbocycles. The number of benzene rings is 1. The molecular weight excluding hydrogens is 260 g/mol. The van der Waals surface area contributed by atoms with E-state index in [1.54, 1.807) is 32.4 Å². The van der Waals surface area contributed by atoms with Crippen molar-refractivity contribution in [2.45, 2.75) is 25.4 Å². The number of carbonyl (C=O) groups is 2. The van der Waals surface area contributed by atoms with Crippen molar-refractivity contribution >= 4 is 11.8 Å². The van der Waals surface area contributed by atoms with E-state index in [9.17, 15) is 9.59 Å². The zero-order chi connectivity index (χ0) is 14.5. The SMILES string of the molecule is COc1ccc(CNC(=O)C(=O)NC2CC2)cc1OC. The zero-order valence-electron chi connectivity index (χ0n) is 11.6. The maximum Gasteiger partial charge on any atom is 0.309 e. The lowest BCUT2D eigenvalue weighted by Gasteiger charge is -2.10. The summed E-state index contributed by atoms with van der Waals surface area (Å²) >= 11 is 0. The molecule has 1 aromatic rings. The van der Waals surface area contributed by atoms with Gasteiger partial charge in [0.2, 0.25) is 0 Å². The lowest BCUT2D eigenvalue weighted by atomic mass is 10.2. The Morgan fingerprint density at radius 1 is 1.15 bits per heavy atom. The lowest BCUT2D eigenvalue weighted by molar-refractivity contribution is -0.139. The van der Waals surface area contributed by atoms with Crippen LogP contribution in [0.3, 0.4) is 0 Å². The van der Waals surface area contributed by atoms with Crippen molar-refractivity contribution in [2.75, 3.05) is 14.2 Å². The number of rotatable bonds is 5. The van der Waals surface area contributed by atoms with Crippen LogP contribution < -0.4 is 20.1 Å². The van der Waals surface area contributed by atoms with Gasteiger partial charge < -0.3 is 20.1 Å². The van der Waals surface area contributed by atoms with Gasteiger partial charge in [-0.3, -0.25) is 9.59 Å². The van der Waals surface area contributed by atoms with Gasteiger partial charge in [-0.15, -0.1) is 0 Å². The smallest absolute Gasteiger partial charge is 0.309 e. The van der Waals surface area contributed by atoms with Gasteiger partial charge in [0.1, 0.15) is 0 Å². The number of nitrogens with one attached hydrogen (secondary N) is 2. The minimum atomic E-state index is -0.619. The topological polar surface area (TPSA) is 76.7 Å². The van der Waals surface area contributed by atoms with E-state index in [4.69, 9.17) is 9.47 Å². The molecule has 108 valence electrons. The summed E-state index contributed by atoms with van der Waals surface area (Å²) in [7, 11) is 3.10. The van der Waals surface area contributed by atoms with Crippen LogP contribution in [0.15, 0.2) is 18.2 Å². The maximum absolute atomic E-state index is 11.6. The molecule has 0 atom stereocenters. The second-order valence-corrected chi connectivity index (χ2v) is 4.62. The highest BCUT2D eigenvalue weighted by Crippen LogP contribution is 2.27. The van der Waals surface area contributed by atoms with Gasteiger partial charge in [-0.05, 0) is 30.5 Å². The summed E-state index contributed by atoms with van der Waals surface area (Å²) in [5.74, 6) is 0.00963. The first-order valence-corrected chi connectivity index (χ1v) is 6.43. The molecule has 1 aliphatic rings. The van der Waals surface area contributed by atoms with Gasteiger partial charge in [0.25, 0.3) is 0 Å². The Hall–Kier alpha value is -2.24. The highest BCUT2D eigenvalue weighted by Gasteiger charge is 2.26. The molecule has 6 nitrogen and oxygen atoms in total. The van der Waals surface area contributed by atoms with Crippen LogP contribution in [0.25, 0.3) is 0 Å². The molecule has 0 aliphatic heterocycles. The molecule has 1 saturated carbocycles. The summed E-state index contributed by atoms with van der Waals surface area (Å²) in [5.41, 5.74) is 0.829. The number of carbonyl (C=O) groups excluding carboxylic acids is 2. The molecule has 1 aromatic carbocycles. The fraction of sp³-hybridized carbons (Fsp3) is 0.429. The summed E-state index contributed by atoms with van der Waals surface area (Å²) in [6.07, 6.45) is 1.91. The molecule has 2 N–H and O–H groups in total. The molecule has 0 saturated heterocycles. The second kappa shape index (κ2) is 6.27. The van der Waals surface area contributed by atoms with Crippen LogP contribution >= 0.6 is 0 Å². The molecule has 2 rings (SSSR count). The van der Waals surface area contributed by atoms with Crippen molar-refractivity contribution in [1.82, 2.24) is 10.6 Å². The molecular formula is C14H18N2O4. The van der Waals surface area contributed by atoms with E-state index in [1.165, 1.54) is 0 Å². The third-order valence-electron chi connectivity index (χ3n) is 3.02. The van der Waals surface area contributed by atoms with Gasteiger partial charge in [0.15, 0.2) is 11.5 Å². The van der Waals surface area contributed by atoms with Crippen LogP contribution in [0.5, 0.6) is 11.5 Å². The van der Waals surface area contributed by atoms with Crippen molar-refractivity contribution < 1.29 is 19.1 Å². The van der Waals surface area contributed by atoms with E-state index in [-0.39, 0.29) is 12.6 Å². The minimum absolute atomic E-state index is 0.175. The van der Waals surface area contributed by atoms with E-state index in [0.29, 0.717) is 11.5 Å². The normalized spacial score (nSPS) is 13.5. The van der Waals surface area contributed by atoms with E-state index in [1.807, 2.05) is 0 Å². The van der Waals surface area contributed by atoms with Crippen molar-refractivity contribution in [3.05, 3.63) is 23.8 Å². The number of hydrogen-bond donors (Lipinski definition) is 2. The first-order valence-electron chi connectivity index (χ1n) is 6.43. The number of ether oxygens (including phenoxy) is 2. The Bertz CT molecular complexity index is 512. The predicted octanol–water partition coefficient (Wildman–Crippen LogP) is 0.599. The van der Waals surface area contributed by atoms with Crippen molar-refractivity contribution in [3.8, 4) is 11.5 Å². The highest BCUT2D eigenvalue weighted by molar-refractivity contribution is 6.35. The van der Waals surface area contributed by atoms with E-state index in [0.717, 1.165) is 18.4 Å². The fourth-order valence-corrected chi connectivity index (χ4v) is 1.73. The molecule has 0 aromatic heterocycles. The molecule has 0 bridgehead atoms. The van der Waals surface area contributed by atoms with Crippen LogP contribution in [0, 0.1) is 0 Å². The Balaban J connectivity index is 1.89. The van der Waals surface area contributed by atoms with E-state index < -0.39 is 11.8 Å². The van der Waals surface area contributed by atoms with Crippen LogP contribution in [-0.4, -0.2) is 32.1 Å². The molecule has 20 heavy (non-hydrogen) atoms. The monoisotopic (exact) mass is 278 g/mol. The second-order valence-electron chi connectivity index (χ2n) is 4.62. The molecule has 0 heterocycles. The van der Waals surface area contributed by atoms with Gasteiger partial charge in [-0.1, -0.05) is 6.07 Å². The average Bonchev–Trinajstić information content (AvgIpc) is 3.28. The predicted molar refractivity (Wildman–Crippen MR) is 72.6 cm³/mol. The zero-order valence-corrected chi connectivity index (χ0v) is 11.6. The first-order chi connectivity index (χ1) is 9.63. The summed E-state index contributed by atoms with van der Waals surface area (Å²) < 4.78 is 10.3. The minimum Gasteiger partial charge on any atom is -0.493 e. The molecule has 0 spiro atoms. The van der Waals surface area contributed by atoms with Crippen LogP contribution in [0.4, 0.5) is 0 Å². The Labute approximate surface area is 117 Å². The molecule has 6 heteroatoms. The van der Waals surface area contributed by atoms with Crippen LogP contribution in [-0.2, 0) is 16.1 Å². The van der Waals surface area contributed by atoms with E-state index >= 15 is 0 Å². The van der Waals surface area contributed by atoms with Crippen molar-refractivity contribution in [2.24, 2.45) is 0 Å². The van der Waals surface area contributed by atoms with Gasteiger partial charge in [0.05, 0.1) is 14.2 Å². The Morgan fingerprint density at radius 2 is 1.85 bits per heavy atom. The van der Waals surface area contributed by atoms with E-state index in [2.05, 4.69) is 10.6 Å². The number of methoxy groups -OCH3 is 2. The van der Waals surface area contributed by atoms with Crippen LogP contribution in [0.1, 0.15) is 18.4 Å². The van der Waals surface area contributed by atoms with Gasteiger partial charge in [-0.25, -0.2) is 0 Å².